The van der Waals surface area contributed by atoms with Crippen LogP contribution in [0, 0.1) is 6.92 Å². The molecule has 0 spiro atoms. The second-order valence-electron chi connectivity index (χ2n) is 5.27. The Balaban J connectivity index is 2.18. The van der Waals surface area contributed by atoms with Gasteiger partial charge in [0.1, 0.15) is 5.82 Å². The number of carbonyl (C=O) groups excluding carboxylic acids is 1. The molecule has 0 aliphatic carbocycles. The molecule has 0 saturated heterocycles. The van der Waals surface area contributed by atoms with Gasteiger partial charge in [0, 0.05) is 29.9 Å². The van der Waals surface area contributed by atoms with Crippen molar-refractivity contribution < 1.29 is 4.79 Å². The summed E-state index contributed by atoms with van der Waals surface area (Å²) in [5.41, 5.74) is 2.65. The minimum absolute atomic E-state index is 0.113. The fraction of sp³-hybridized carbons (Fsp3) is 0.375. The van der Waals surface area contributed by atoms with E-state index < -0.39 is 0 Å². The second-order valence-corrected chi connectivity index (χ2v) is 5.27. The van der Waals surface area contributed by atoms with Crippen molar-refractivity contribution in [3.05, 3.63) is 41.6 Å². The number of anilines is 2. The lowest BCUT2D eigenvalue weighted by Gasteiger charge is -2.13. The Morgan fingerprint density at radius 1 is 1.33 bits per heavy atom. The molecular formula is C16H22N4O. The highest BCUT2D eigenvalue weighted by atomic mass is 16.1. The van der Waals surface area contributed by atoms with Crippen molar-refractivity contribution in [2.75, 3.05) is 17.2 Å². The molecule has 1 heterocycles. The van der Waals surface area contributed by atoms with E-state index in [2.05, 4.69) is 15.7 Å². The number of hydrogen-bond donors (Lipinski definition) is 2. The summed E-state index contributed by atoms with van der Waals surface area (Å²) >= 11 is 0. The number of hydrogen-bond acceptors (Lipinski definition) is 3. The van der Waals surface area contributed by atoms with Crippen molar-refractivity contribution in [2.24, 2.45) is 0 Å². The van der Waals surface area contributed by atoms with Crippen LogP contribution in [-0.4, -0.2) is 22.2 Å². The Labute approximate surface area is 125 Å². The highest BCUT2D eigenvalue weighted by molar-refractivity contribution is 6.05. The third-order valence-electron chi connectivity index (χ3n) is 3.25. The van der Waals surface area contributed by atoms with Gasteiger partial charge in [-0.25, -0.2) is 4.68 Å². The normalized spacial score (nSPS) is 10.7. The largest absolute Gasteiger partial charge is 0.385 e. The van der Waals surface area contributed by atoms with E-state index in [1.54, 1.807) is 16.9 Å². The van der Waals surface area contributed by atoms with E-state index in [-0.39, 0.29) is 11.9 Å². The molecule has 112 valence electrons. The number of aromatic nitrogens is 2. The minimum atomic E-state index is -0.113. The van der Waals surface area contributed by atoms with Gasteiger partial charge in [-0.2, -0.15) is 5.10 Å². The fourth-order valence-electron chi connectivity index (χ4n) is 2.24. The Morgan fingerprint density at radius 2 is 2.10 bits per heavy atom. The van der Waals surface area contributed by atoms with Crippen molar-refractivity contribution in [3.8, 4) is 0 Å². The van der Waals surface area contributed by atoms with Gasteiger partial charge in [0.15, 0.2) is 0 Å². The molecule has 5 heteroatoms. The van der Waals surface area contributed by atoms with Crippen LogP contribution in [0.1, 0.15) is 42.7 Å². The van der Waals surface area contributed by atoms with Gasteiger partial charge in [0.05, 0.1) is 6.20 Å². The zero-order chi connectivity index (χ0) is 15.4. The van der Waals surface area contributed by atoms with Gasteiger partial charge in [-0.05, 0) is 51.5 Å². The SMILES string of the molecule is CCNc1ccc(C(=O)Nc2ccnn2C(C)C)c(C)c1. The Bertz CT molecular complexity index is 631. The standard InChI is InChI=1S/C16H22N4O/c1-5-17-13-6-7-14(12(4)10-13)16(21)19-15-8-9-18-20(15)11(2)3/h6-11,17H,5H2,1-4H3,(H,19,21). The molecule has 0 unspecified atom stereocenters. The van der Waals surface area contributed by atoms with Gasteiger partial charge >= 0.3 is 0 Å². The van der Waals surface area contributed by atoms with Gasteiger partial charge in [0.2, 0.25) is 0 Å². The molecule has 0 aliphatic heterocycles. The summed E-state index contributed by atoms with van der Waals surface area (Å²) in [5.74, 6) is 0.600. The quantitative estimate of drug-likeness (QED) is 0.885. The topological polar surface area (TPSA) is 59.0 Å². The van der Waals surface area contributed by atoms with Crippen LogP contribution in [-0.2, 0) is 0 Å². The molecule has 0 radical (unpaired) electrons. The number of amides is 1. The van der Waals surface area contributed by atoms with Crippen molar-refractivity contribution in [1.29, 1.82) is 0 Å². The monoisotopic (exact) mass is 286 g/mol. The number of benzene rings is 1. The van der Waals surface area contributed by atoms with Crippen molar-refractivity contribution in [2.45, 2.75) is 33.7 Å². The Hall–Kier alpha value is -2.30. The summed E-state index contributed by atoms with van der Waals surface area (Å²) < 4.78 is 1.79. The predicted molar refractivity (Wildman–Crippen MR) is 85.9 cm³/mol. The second kappa shape index (κ2) is 6.43. The lowest BCUT2D eigenvalue weighted by molar-refractivity contribution is 0.102. The first-order valence-electron chi connectivity index (χ1n) is 7.22. The average Bonchev–Trinajstić information content (AvgIpc) is 2.87. The molecule has 5 nitrogen and oxygen atoms in total. The van der Waals surface area contributed by atoms with Gasteiger partial charge in [-0.1, -0.05) is 0 Å². The summed E-state index contributed by atoms with van der Waals surface area (Å²) in [4.78, 5) is 12.4. The highest BCUT2D eigenvalue weighted by Gasteiger charge is 2.13. The third kappa shape index (κ3) is 3.42. The smallest absolute Gasteiger partial charge is 0.257 e. The van der Waals surface area contributed by atoms with Crippen LogP contribution in [0.25, 0.3) is 0 Å². The van der Waals surface area contributed by atoms with Gasteiger partial charge < -0.3 is 10.6 Å². The zero-order valence-electron chi connectivity index (χ0n) is 13.0. The van der Waals surface area contributed by atoms with Crippen molar-refractivity contribution >= 4 is 17.4 Å². The lowest BCUT2D eigenvalue weighted by atomic mass is 10.1. The molecule has 2 rings (SSSR count). The fourth-order valence-corrected chi connectivity index (χ4v) is 2.24. The molecule has 1 aromatic carbocycles. The predicted octanol–water partition coefficient (Wildman–Crippen LogP) is 3.46. The van der Waals surface area contributed by atoms with Crippen LogP contribution >= 0.6 is 0 Å². The van der Waals surface area contributed by atoms with Crippen LogP contribution in [0.5, 0.6) is 0 Å². The van der Waals surface area contributed by atoms with E-state index in [9.17, 15) is 4.79 Å². The van der Waals surface area contributed by atoms with Gasteiger partial charge in [0.25, 0.3) is 5.91 Å². The summed E-state index contributed by atoms with van der Waals surface area (Å²) in [5, 5.41) is 10.4. The maximum Gasteiger partial charge on any atom is 0.257 e. The molecular weight excluding hydrogens is 264 g/mol. The van der Waals surface area contributed by atoms with E-state index in [0.29, 0.717) is 11.4 Å². The maximum absolute atomic E-state index is 12.4. The summed E-state index contributed by atoms with van der Waals surface area (Å²) in [7, 11) is 0. The highest BCUT2D eigenvalue weighted by Crippen LogP contribution is 2.18. The average molecular weight is 286 g/mol. The Kier molecular flexibility index (Phi) is 4.62. The first kappa shape index (κ1) is 15.1. The lowest BCUT2D eigenvalue weighted by Crippen LogP contribution is -2.17. The molecule has 0 saturated carbocycles. The number of aryl methyl sites for hydroxylation is 1. The number of carbonyl (C=O) groups is 1. The van der Waals surface area contributed by atoms with Crippen molar-refractivity contribution in [1.82, 2.24) is 9.78 Å². The third-order valence-corrected chi connectivity index (χ3v) is 3.25. The first-order valence-corrected chi connectivity index (χ1v) is 7.22. The first-order chi connectivity index (χ1) is 10.0. The van der Waals surface area contributed by atoms with Crippen LogP contribution in [0.15, 0.2) is 30.5 Å². The molecule has 1 amide bonds. The number of nitrogens with zero attached hydrogens (tertiary/aromatic N) is 2. The van der Waals surface area contributed by atoms with E-state index in [0.717, 1.165) is 17.8 Å². The summed E-state index contributed by atoms with van der Waals surface area (Å²) in [6.07, 6.45) is 1.69. The van der Waals surface area contributed by atoms with Gasteiger partial charge in [-0.15, -0.1) is 0 Å². The summed E-state index contributed by atoms with van der Waals surface area (Å²) in [6, 6.07) is 7.76. The van der Waals surface area contributed by atoms with E-state index in [1.807, 2.05) is 45.9 Å². The Morgan fingerprint density at radius 3 is 2.71 bits per heavy atom. The van der Waals surface area contributed by atoms with E-state index in [1.165, 1.54) is 0 Å². The number of nitrogens with one attached hydrogen (secondary N) is 2. The van der Waals surface area contributed by atoms with Crippen LogP contribution in [0.2, 0.25) is 0 Å². The van der Waals surface area contributed by atoms with Crippen LogP contribution < -0.4 is 10.6 Å². The molecule has 2 aromatic rings. The molecule has 0 fully saturated rings. The van der Waals surface area contributed by atoms with E-state index >= 15 is 0 Å². The molecule has 21 heavy (non-hydrogen) atoms. The van der Waals surface area contributed by atoms with Crippen LogP contribution in [0.3, 0.4) is 0 Å². The maximum atomic E-state index is 12.4. The summed E-state index contributed by atoms with van der Waals surface area (Å²) in [6.45, 7) is 8.90. The number of rotatable bonds is 5. The molecule has 2 N–H and O–H groups in total. The van der Waals surface area contributed by atoms with Crippen LogP contribution in [0.4, 0.5) is 11.5 Å². The van der Waals surface area contributed by atoms with Gasteiger partial charge in [-0.3, -0.25) is 4.79 Å². The van der Waals surface area contributed by atoms with E-state index in [4.69, 9.17) is 0 Å². The molecule has 0 bridgehead atoms. The van der Waals surface area contributed by atoms with Crippen molar-refractivity contribution in [3.63, 3.8) is 0 Å². The molecule has 0 atom stereocenters. The minimum Gasteiger partial charge on any atom is -0.385 e. The zero-order valence-corrected chi connectivity index (χ0v) is 13.0. The molecule has 0 aliphatic rings. The molecule has 1 aromatic heterocycles.